The van der Waals surface area contributed by atoms with Crippen molar-refractivity contribution in [1.29, 1.82) is 0 Å². The predicted molar refractivity (Wildman–Crippen MR) is 106 cm³/mol. The quantitative estimate of drug-likeness (QED) is 0.797. The van der Waals surface area contributed by atoms with Crippen molar-refractivity contribution in [2.45, 2.75) is 19.5 Å². The van der Waals surface area contributed by atoms with E-state index in [1.807, 2.05) is 35.4 Å². The lowest BCUT2D eigenvalue weighted by molar-refractivity contribution is -0.130. The number of hydrogen-bond acceptors (Lipinski definition) is 5. The predicted octanol–water partition coefficient (Wildman–Crippen LogP) is 2.75. The Labute approximate surface area is 166 Å². The Balaban J connectivity index is 1.54. The number of aromatic nitrogens is 1. The van der Waals surface area contributed by atoms with Crippen LogP contribution >= 0.6 is 0 Å². The van der Waals surface area contributed by atoms with E-state index >= 15 is 0 Å². The Morgan fingerprint density at radius 2 is 1.89 bits per heavy atom. The highest BCUT2D eigenvalue weighted by Gasteiger charge is 2.48. The number of methoxy groups -OCH3 is 2. The van der Waals surface area contributed by atoms with Gasteiger partial charge < -0.3 is 14.4 Å². The first-order valence-corrected chi connectivity index (χ1v) is 9.72. The molecule has 3 heterocycles. The topological polar surface area (TPSA) is 54.9 Å². The van der Waals surface area contributed by atoms with Gasteiger partial charge >= 0.3 is 0 Å². The van der Waals surface area contributed by atoms with Crippen LogP contribution in [-0.4, -0.2) is 54.5 Å². The fourth-order valence-corrected chi connectivity index (χ4v) is 4.76. The molecule has 0 bridgehead atoms. The van der Waals surface area contributed by atoms with Gasteiger partial charge in [0.05, 0.1) is 26.0 Å². The maximum Gasteiger partial charge on any atom is 0.219 e. The van der Waals surface area contributed by atoms with E-state index < -0.39 is 0 Å². The van der Waals surface area contributed by atoms with Crippen LogP contribution < -0.4 is 9.47 Å². The van der Waals surface area contributed by atoms with Crippen molar-refractivity contribution in [3.05, 3.63) is 53.9 Å². The molecule has 148 valence electrons. The van der Waals surface area contributed by atoms with Crippen LogP contribution in [0.1, 0.15) is 24.2 Å². The number of ether oxygens (including phenoxy) is 2. The van der Waals surface area contributed by atoms with Crippen molar-refractivity contribution < 1.29 is 14.3 Å². The van der Waals surface area contributed by atoms with E-state index in [0.717, 1.165) is 43.4 Å². The van der Waals surface area contributed by atoms with Gasteiger partial charge in [-0.05, 0) is 35.7 Å². The summed E-state index contributed by atoms with van der Waals surface area (Å²) in [6, 6.07) is 12.1. The third-order valence-corrected chi connectivity index (χ3v) is 6.04. The largest absolute Gasteiger partial charge is 0.497 e. The monoisotopic (exact) mass is 381 g/mol. The molecule has 1 amide bonds. The number of fused-ring (bicyclic) bond motifs is 1. The number of carbonyl (C=O) groups excluding carboxylic acids is 1. The second kappa shape index (κ2) is 7.80. The second-order valence-electron chi connectivity index (χ2n) is 7.66. The molecule has 3 atom stereocenters. The Morgan fingerprint density at radius 3 is 2.57 bits per heavy atom. The summed E-state index contributed by atoms with van der Waals surface area (Å²) in [6.07, 6.45) is 1.81. The molecule has 0 saturated carbocycles. The van der Waals surface area contributed by atoms with Crippen LogP contribution in [0.4, 0.5) is 0 Å². The third-order valence-electron chi connectivity index (χ3n) is 6.04. The van der Waals surface area contributed by atoms with Gasteiger partial charge in [0, 0.05) is 45.2 Å². The fraction of sp³-hybridized carbons (Fsp3) is 0.455. The Kier molecular flexibility index (Phi) is 5.22. The first-order valence-electron chi connectivity index (χ1n) is 9.72. The number of pyridine rings is 1. The average molecular weight is 381 g/mol. The van der Waals surface area contributed by atoms with Crippen LogP contribution in [0.25, 0.3) is 0 Å². The lowest BCUT2D eigenvalue weighted by atomic mass is 9.89. The molecule has 2 saturated heterocycles. The van der Waals surface area contributed by atoms with Crippen LogP contribution in [0.2, 0.25) is 0 Å². The molecule has 6 nitrogen and oxygen atoms in total. The highest BCUT2D eigenvalue weighted by atomic mass is 16.5. The minimum Gasteiger partial charge on any atom is -0.497 e. The molecule has 1 aromatic heterocycles. The molecular formula is C22H27N3O3. The summed E-state index contributed by atoms with van der Waals surface area (Å²) in [7, 11) is 3.35. The van der Waals surface area contributed by atoms with Gasteiger partial charge in [0.1, 0.15) is 11.5 Å². The lowest BCUT2D eigenvalue weighted by Gasteiger charge is -2.29. The number of likely N-dealkylation sites (tertiary alicyclic amines) is 2. The molecule has 2 aromatic rings. The molecule has 2 aliphatic rings. The zero-order chi connectivity index (χ0) is 19.7. The first-order chi connectivity index (χ1) is 13.6. The number of amides is 1. The van der Waals surface area contributed by atoms with Crippen LogP contribution in [0.5, 0.6) is 11.5 Å². The lowest BCUT2D eigenvalue weighted by Crippen LogP contribution is -2.34. The zero-order valence-electron chi connectivity index (χ0n) is 16.7. The molecule has 0 unspecified atom stereocenters. The highest BCUT2D eigenvalue weighted by molar-refractivity contribution is 5.74. The summed E-state index contributed by atoms with van der Waals surface area (Å²) >= 11 is 0. The summed E-state index contributed by atoms with van der Waals surface area (Å²) < 4.78 is 10.7. The summed E-state index contributed by atoms with van der Waals surface area (Å²) in [6.45, 7) is 5.18. The number of carbonyl (C=O) groups is 1. The molecule has 28 heavy (non-hydrogen) atoms. The number of rotatable bonds is 5. The first kappa shape index (κ1) is 18.7. The van der Waals surface area contributed by atoms with Crippen LogP contribution in [-0.2, 0) is 11.3 Å². The second-order valence-corrected chi connectivity index (χ2v) is 7.66. The van der Waals surface area contributed by atoms with Gasteiger partial charge in [-0.25, -0.2) is 0 Å². The molecule has 4 rings (SSSR count). The van der Waals surface area contributed by atoms with E-state index in [1.54, 1.807) is 21.1 Å². The van der Waals surface area contributed by atoms with Gasteiger partial charge in [-0.1, -0.05) is 12.1 Å². The van der Waals surface area contributed by atoms with Crippen molar-refractivity contribution in [2.24, 2.45) is 11.8 Å². The van der Waals surface area contributed by atoms with Crippen molar-refractivity contribution in [3.8, 4) is 11.5 Å². The molecule has 1 aromatic carbocycles. The average Bonchev–Trinajstić information content (AvgIpc) is 3.26. The maximum atomic E-state index is 12.3. The van der Waals surface area contributed by atoms with Crippen molar-refractivity contribution >= 4 is 5.91 Å². The van der Waals surface area contributed by atoms with E-state index in [1.165, 1.54) is 5.56 Å². The van der Waals surface area contributed by atoms with Gasteiger partial charge in [0.2, 0.25) is 5.91 Å². The normalized spacial score (nSPS) is 24.2. The van der Waals surface area contributed by atoms with Gasteiger partial charge in [0.25, 0.3) is 0 Å². The minimum atomic E-state index is 0.115. The molecule has 0 spiro atoms. The van der Waals surface area contributed by atoms with E-state index in [2.05, 4.69) is 22.0 Å². The fourth-order valence-electron chi connectivity index (χ4n) is 4.76. The maximum absolute atomic E-state index is 12.3. The van der Waals surface area contributed by atoms with Crippen LogP contribution in [0.3, 0.4) is 0 Å². The number of hydrogen-bond donors (Lipinski definition) is 0. The number of benzene rings is 1. The molecular weight excluding hydrogens is 354 g/mol. The smallest absolute Gasteiger partial charge is 0.219 e. The van der Waals surface area contributed by atoms with E-state index in [0.29, 0.717) is 11.8 Å². The Bertz CT molecular complexity index is 839. The molecule has 0 N–H and O–H groups in total. The molecule has 6 heteroatoms. The van der Waals surface area contributed by atoms with Crippen molar-refractivity contribution in [1.82, 2.24) is 14.8 Å². The van der Waals surface area contributed by atoms with Gasteiger partial charge in [-0.15, -0.1) is 0 Å². The molecule has 2 fully saturated rings. The molecule has 0 radical (unpaired) electrons. The minimum absolute atomic E-state index is 0.115. The summed E-state index contributed by atoms with van der Waals surface area (Å²) in [5.41, 5.74) is 2.15. The SMILES string of the molecule is COc1ccc([C@H]2[C@@H]3CN(Cc4ncccc4OC)C[C@@H]3CN2C(C)=O)cc1. The van der Waals surface area contributed by atoms with E-state index in [-0.39, 0.29) is 11.9 Å². The van der Waals surface area contributed by atoms with E-state index in [9.17, 15) is 4.79 Å². The van der Waals surface area contributed by atoms with Gasteiger partial charge in [-0.3, -0.25) is 14.7 Å². The van der Waals surface area contributed by atoms with Crippen molar-refractivity contribution in [3.63, 3.8) is 0 Å². The highest BCUT2D eigenvalue weighted by Crippen LogP contribution is 2.45. The summed E-state index contributed by atoms with van der Waals surface area (Å²) in [5.74, 6) is 2.71. The van der Waals surface area contributed by atoms with Crippen LogP contribution in [0, 0.1) is 11.8 Å². The van der Waals surface area contributed by atoms with Crippen molar-refractivity contribution in [2.75, 3.05) is 33.9 Å². The molecule has 0 aliphatic carbocycles. The standard InChI is InChI=1S/C22H27N3O3/c1-15(26)25-12-17-11-24(14-20-21(28-3)5-4-10-23-20)13-19(17)22(25)16-6-8-18(27-2)9-7-16/h4-10,17,19,22H,11-14H2,1-3H3/t17-,19-,22+/m1/s1. The Morgan fingerprint density at radius 1 is 1.11 bits per heavy atom. The number of nitrogens with zero attached hydrogens (tertiary/aromatic N) is 3. The van der Waals surface area contributed by atoms with Gasteiger partial charge in [-0.2, -0.15) is 0 Å². The van der Waals surface area contributed by atoms with Gasteiger partial charge in [0.15, 0.2) is 0 Å². The van der Waals surface area contributed by atoms with E-state index in [4.69, 9.17) is 9.47 Å². The van der Waals surface area contributed by atoms with Crippen LogP contribution in [0.15, 0.2) is 42.6 Å². The third kappa shape index (κ3) is 3.44. The summed E-state index contributed by atoms with van der Waals surface area (Å²) in [4.78, 5) is 21.3. The summed E-state index contributed by atoms with van der Waals surface area (Å²) in [5, 5.41) is 0. The zero-order valence-corrected chi connectivity index (χ0v) is 16.7. The Hall–Kier alpha value is -2.60. The molecule has 2 aliphatic heterocycles.